The Morgan fingerprint density at radius 2 is 1.72 bits per heavy atom. The maximum atomic E-state index is 14.4. The zero-order chi connectivity index (χ0) is 35.2. The molecule has 1 aromatic carbocycles. The molecule has 3 aliphatic heterocycles. The number of carbonyl (C=O) groups excluding carboxylic acids is 6. The standard InChI is InChI=1S/C38H52N4O8/c1-2-10-30(34(44)32(43)19-24-16-17-24)39-35(45)31-20-28-22-42(31)36(46)33(26-12-6-7-13-26)40-37(47)49-18-8-4-3-5-11-25-14-9-15-27-21-41(23-29(25)27)38(48)50-28/h9,14-15,24,26,28,30-31,33H,2-8,10-13,16-23H2,1H3,(H,39,45)(H,40,47)/t28-,30+,31+,33+/m1/s1. The second kappa shape index (κ2) is 16.4. The molecule has 4 amide bonds. The lowest BCUT2D eigenvalue weighted by Gasteiger charge is -2.31. The van der Waals surface area contributed by atoms with Gasteiger partial charge in [-0.2, -0.15) is 0 Å². The third-order valence-corrected chi connectivity index (χ3v) is 11.1. The highest BCUT2D eigenvalue weighted by Crippen LogP contribution is 2.34. The number of nitrogens with one attached hydrogen (secondary N) is 2. The van der Waals surface area contributed by atoms with Crippen LogP contribution in [-0.2, 0) is 48.2 Å². The number of carbonyl (C=O) groups is 6. The van der Waals surface area contributed by atoms with E-state index in [9.17, 15) is 28.8 Å². The zero-order valence-electron chi connectivity index (χ0n) is 29.3. The van der Waals surface area contributed by atoms with Crippen molar-refractivity contribution in [2.75, 3.05) is 13.2 Å². The second-order valence-electron chi connectivity index (χ2n) is 14.9. The summed E-state index contributed by atoms with van der Waals surface area (Å²) >= 11 is 0. The smallest absolute Gasteiger partial charge is 0.410 e. The summed E-state index contributed by atoms with van der Waals surface area (Å²) in [6.07, 6.45) is 8.73. The van der Waals surface area contributed by atoms with Gasteiger partial charge in [-0.1, -0.05) is 57.2 Å². The van der Waals surface area contributed by atoms with Crippen LogP contribution in [0.15, 0.2) is 18.2 Å². The average molecular weight is 693 g/mol. The minimum Gasteiger partial charge on any atom is -0.450 e. The summed E-state index contributed by atoms with van der Waals surface area (Å²) in [6, 6.07) is 3.17. The number of alkyl carbamates (subject to hydrolysis) is 1. The Labute approximate surface area is 294 Å². The molecule has 1 saturated heterocycles. The fourth-order valence-electron chi connectivity index (χ4n) is 8.11. The van der Waals surface area contributed by atoms with Crippen LogP contribution in [0.2, 0.25) is 0 Å². The lowest BCUT2D eigenvalue weighted by Crippen LogP contribution is -2.57. The molecule has 6 rings (SSSR count). The van der Waals surface area contributed by atoms with Crippen molar-refractivity contribution in [3.8, 4) is 0 Å². The molecule has 5 aliphatic rings. The largest absolute Gasteiger partial charge is 0.450 e. The summed E-state index contributed by atoms with van der Waals surface area (Å²) in [4.78, 5) is 84.1. The Morgan fingerprint density at radius 1 is 0.960 bits per heavy atom. The van der Waals surface area contributed by atoms with E-state index in [2.05, 4.69) is 16.7 Å². The highest BCUT2D eigenvalue weighted by Gasteiger charge is 2.47. The number of rotatable bonds is 9. The first kappa shape index (κ1) is 35.9. The van der Waals surface area contributed by atoms with Gasteiger partial charge in [-0.3, -0.25) is 24.1 Å². The third-order valence-electron chi connectivity index (χ3n) is 11.1. The second-order valence-corrected chi connectivity index (χ2v) is 14.9. The van der Waals surface area contributed by atoms with Crippen molar-refractivity contribution in [2.24, 2.45) is 11.8 Å². The highest BCUT2D eigenvalue weighted by molar-refractivity contribution is 6.39. The van der Waals surface area contributed by atoms with Gasteiger partial charge in [0.1, 0.15) is 18.2 Å². The Kier molecular flexibility index (Phi) is 11.7. The van der Waals surface area contributed by atoms with Gasteiger partial charge in [-0.15, -0.1) is 0 Å². The first-order chi connectivity index (χ1) is 24.2. The molecule has 1 aromatic rings. The van der Waals surface area contributed by atoms with Crippen molar-refractivity contribution in [3.05, 3.63) is 34.9 Å². The number of cyclic esters (lactones) is 1. The van der Waals surface area contributed by atoms with Crippen molar-refractivity contribution in [2.45, 2.75) is 141 Å². The molecule has 50 heavy (non-hydrogen) atoms. The third kappa shape index (κ3) is 8.66. The van der Waals surface area contributed by atoms with Crippen LogP contribution < -0.4 is 10.6 Å². The van der Waals surface area contributed by atoms with Crippen LogP contribution in [0.25, 0.3) is 0 Å². The summed E-state index contributed by atoms with van der Waals surface area (Å²) in [5.41, 5.74) is 3.44. The maximum Gasteiger partial charge on any atom is 0.410 e. The van der Waals surface area contributed by atoms with Crippen molar-refractivity contribution < 1.29 is 38.2 Å². The molecule has 3 fully saturated rings. The van der Waals surface area contributed by atoms with E-state index in [4.69, 9.17) is 9.47 Å². The SMILES string of the molecule is CCC[C@H](NC(=O)[C@@H]1C[C@@H]2CN1C(=O)[C@H](C1CCCC1)NC(=O)OCCCCCCc1cccc3c1CN(C3)C(=O)O2)C(=O)C(=O)CC1CC1. The van der Waals surface area contributed by atoms with E-state index in [1.807, 2.05) is 19.1 Å². The summed E-state index contributed by atoms with van der Waals surface area (Å²) < 4.78 is 11.5. The van der Waals surface area contributed by atoms with Gasteiger partial charge in [0.2, 0.25) is 23.4 Å². The molecular formula is C38H52N4O8. The number of fused-ring (bicyclic) bond motifs is 3. The number of aryl methyl sites for hydroxylation is 1. The van der Waals surface area contributed by atoms with E-state index in [0.29, 0.717) is 25.9 Å². The van der Waals surface area contributed by atoms with E-state index in [1.165, 1.54) is 10.5 Å². The fraction of sp³-hybridized carbons (Fsp3) is 0.684. The maximum absolute atomic E-state index is 14.4. The van der Waals surface area contributed by atoms with Gasteiger partial charge in [0, 0.05) is 25.9 Å². The Balaban J connectivity index is 1.24. The predicted octanol–water partition coefficient (Wildman–Crippen LogP) is 4.73. The quantitative estimate of drug-likeness (QED) is 0.353. The van der Waals surface area contributed by atoms with Gasteiger partial charge < -0.3 is 25.0 Å². The molecule has 2 saturated carbocycles. The van der Waals surface area contributed by atoms with Gasteiger partial charge in [0.05, 0.1) is 19.2 Å². The molecule has 0 aromatic heterocycles. The first-order valence-corrected chi connectivity index (χ1v) is 18.9. The number of ketones is 2. The van der Waals surface area contributed by atoms with E-state index in [0.717, 1.165) is 75.3 Å². The number of nitrogens with zero attached hydrogens (tertiary/aromatic N) is 2. The topological polar surface area (TPSA) is 151 Å². The zero-order valence-corrected chi connectivity index (χ0v) is 29.3. The molecule has 0 unspecified atom stereocenters. The summed E-state index contributed by atoms with van der Waals surface area (Å²) in [5, 5.41) is 5.62. The van der Waals surface area contributed by atoms with Crippen molar-refractivity contribution in [1.29, 1.82) is 0 Å². The van der Waals surface area contributed by atoms with Crippen LogP contribution in [0.3, 0.4) is 0 Å². The van der Waals surface area contributed by atoms with Gasteiger partial charge in [-0.25, -0.2) is 9.59 Å². The number of hydrogen-bond donors (Lipinski definition) is 2. The molecule has 2 aliphatic carbocycles. The molecule has 12 heteroatoms. The van der Waals surface area contributed by atoms with Crippen molar-refractivity contribution in [3.63, 3.8) is 0 Å². The average Bonchev–Trinajstić information content (AvgIpc) is 3.46. The number of benzene rings is 1. The van der Waals surface area contributed by atoms with Gasteiger partial charge >= 0.3 is 12.2 Å². The molecule has 4 bridgehead atoms. The Bertz CT molecular complexity index is 1450. The monoisotopic (exact) mass is 692 g/mol. The number of amides is 4. The van der Waals surface area contributed by atoms with Crippen LogP contribution in [0.4, 0.5) is 9.59 Å². The predicted molar refractivity (Wildman–Crippen MR) is 183 cm³/mol. The molecule has 0 spiro atoms. The van der Waals surface area contributed by atoms with Crippen molar-refractivity contribution in [1.82, 2.24) is 20.4 Å². The van der Waals surface area contributed by atoms with E-state index < -0.39 is 59.8 Å². The summed E-state index contributed by atoms with van der Waals surface area (Å²) in [5.74, 6) is -2.01. The fourth-order valence-corrected chi connectivity index (χ4v) is 8.11. The van der Waals surface area contributed by atoms with Gasteiger partial charge in [0.25, 0.3) is 0 Å². The Hall–Kier alpha value is -3.96. The van der Waals surface area contributed by atoms with E-state index in [1.54, 1.807) is 4.90 Å². The Morgan fingerprint density at radius 3 is 2.48 bits per heavy atom. The van der Waals surface area contributed by atoms with Crippen LogP contribution in [-0.4, -0.2) is 82.7 Å². The highest BCUT2D eigenvalue weighted by atomic mass is 16.6. The molecule has 12 nitrogen and oxygen atoms in total. The van der Waals surface area contributed by atoms with Crippen molar-refractivity contribution >= 4 is 35.6 Å². The van der Waals surface area contributed by atoms with E-state index in [-0.39, 0.29) is 44.2 Å². The molecule has 272 valence electrons. The van der Waals surface area contributed by atoms with Crippen LogP contribution in [0.1, 0.15) is 114 Å². The molecular weight excluding hydrogens is 640 g/mol. The van der Waals surface area contributed by atoms with Gasteiger partial charge in [0.15, 0.2) is 0 Å². The normalized spacial score (nSPS) is 25.8. The minimum absolute atomic E-state index is 0.0280. The number of hydrogen-bond acceptors (Lipinski definition) is 8. The molecule has 3 heterocycles. The van der Waals surface area contributed by atoms with Crippen LogP contribution in [0.5, 0.6) is 0 Å². The van der Waals surface area contributed by atoms with Crippen LogP contribution in [0, 0.1) is 11.8 Å². The summed E-state index contributed by atoms with van der Waals surface area (Å²) in [6.45, 7) is 2.93. The lowest BCUT2D eigenvalue weighted by molar-refractivity contribution is -0.143. The lowest BCUT2D eigenvalue weighted by atomic mass is 9.96. The number of ether oxygens (including phenoxy) is 2. The number of Topliss-reactive ketones (excluding diaryl/α,β-unsaturated/α-hetero) is 2. The van der Waals surface area contributed by atoms with E-state index >= 15 is 0 Å². The first-order valence-electron chi connectivity index (χ1n) is 18.9. The molecule has 4 atom stereocenters. The summed E-state index contributed by atoms with van der Waals surface area (Å²) in [7, 11) is 0. The van der Waals surface area contributed by atoms with Gasteiger partial charge in [-0.05, 0) is 79.9 Å². The minimum atomic E-state index is -1.07. The molecule has 2 N–H and O–H groups in total. The van der Waals surface area contributed by atoms with Crippen LogP contribution >= 0.6 is 0 Å². The molecule has 0 radical (unpaired) electrons.